The van der Waals surface area contributed by atoms with Gasteiger partial charge in [-0.3, -0.25) is 4.98 Å². The van der Waals surface area contributed by atoms with Crippen molar-refractivity contribution in [2.45, 2.75) is 13.5 Å². The van der Waals surface area contributed by atoms with E-state index in [9.17, 15) is 0 Å². The second kappa shape index (κ2) is 3.66. The van der Waals surface area contributed by atoms with Crippen molar-refractivity contribution < 1.29 is 15.2 Å². The average Bonchev–Trinajstić information content (AvgIpc) is 2.03. The zero-order valence-electron chi connectivity index (χ0n) is 6.73. The van der Waals surface area contributed by atoms with E-state index in [2.05, 4.69) is 4.98 Å². The number of pyridine rings is 1. The molecule has 0 saturated heterocycles. The molecule has 1 aromatic rings. The van der Waals surface area contributed by atoms with Gasteiger partial charge in [-0.1, -0.05) is 0 Å². The molecule has 0 saturated carbocycles. The SMILES string of the molecule is Cc1nccc(CO)c1B(O)O. The highest BCUT2D eigenvalue weighted by molar-refractivity contribution is 6.59. The molecule has 0 aliphatic rings. The van der Waals surface area contributed by atoms with Crippen LogP contribution in [0.4, 0.5) is 0 Å². The van der Waals surface area contributed by atoms with Crippen LogP contribution in [-0.4, -0.2) is 27.3 Å². The first-order chi connectivity index (χ1) is 5.66. The molecule has 0 amide bonds. The van der Waals surface area contributed by atoms with E-state index in [0.29, 0.717) is 16.7 Å². The Kier molecular flexibility index (Phi) is 2.81. The first kappa shape index (κ1) is 9.19. The summed E-state index contributed by atoms with van der Waals surface area (Å²) in [4.78, 5) is 3.88. The molecule has 0 aliphatic heterocycles. The minimum Gasteiger partial charge on any atom is -0.423 e. The second-order valence-electron chi connectivity index (χ2n) is 2.50. The molecule has 1 rings (SSSR count). The van der Waals surface area contributed by atoms with Crippen LogP contribution < -0.4 is 5.46 Å². The second-order valence-corrected chi connectivity index (χ2v) is 2.50. The number of hydrogen-bond donors (Lipinski definition) is 3. The molecule has 0 aromatic carbocycles. The van der Waals surface area contributed by atoms with Crippen LogP contribution in [0.5, 0.6) is 0 Å². The molecule has 4 nitrogen and oxygen atoms in total. The highest BCUT2D eigenvalue weighted by Crippen LogP contribution is 1.98. The monoisotopic (exact) mass is 167 g/mol. The zero-order valence-corrected chi connectivity index (χ0v) is 6.73. The molecule has 1 heterocycles. The van der Waals surface area contributed by atoms with Crippen molar-refractivity contribution >= 4 is 12.6 Å². The Balaban J connectivity index is 3.20. The number of aliphatic hydroxyl groups excluding tert-OH is 1. The van der Waals surface area contributed by atoms with Crippen molar-refractivity contribution in [3.05, 3.63) is 23.5 Å². The predicted octanol–water partition coefficient (Wildman–Crippen LogP) is -1.44. The first-order valence-electron chi connectivity index (χ1n) is 3.58. The molecule has 0 fully saturated rings. The molecule has 12 heavy (non-hydrogen) atoms. The van der Waals surface area contributed by atoms with Gasteiger partial charge in [0.15, 0.2) is 0 Å². The van der Waals surface area contributed by atoms with Gasteiger partial charge in [0, 0.05) is 17.4 Å². The van der Waals surface area contributed by atoms with Crippen LogP contribution in [0.25, 0.3) is 0 Å². The van der Waals surface area contributed by atoms with E-state index in [0.717, 1.165) is 0 Å². The van der Waals surface area contributed by atoms with Gasteiger partial charge in [0.1, 0.15) is 0 Å². The smallest absolute Gasteiger partial charge is 0.423 e. The molecule has 0 aliphatic carbocycles. The summed E-state index contributed by atoms with van der Waals surface area (Å²) in [5, 5.41) is 26.7. The third kappa shape index (κ3) is 1.63. The Morgan fingerprint density at radius 2 is 2.17 bits per heavy atom. The summed E-state index contributed by atoms with van der Waals surface area (Å²) in [5.74, 6) is 0. The Labute approximate surface area is 70.7 Å². The minimum absolute atomic E-state index is 0.212. The highest BCUT2D eigenvalue weighted by Gasteiger charge is 2.18. The molecule has 0 spiro atoms. The lowest BCUT2D eigenvalue weighted by Crippen LogP contribution is -2.36. The highest BCUT2D eigenvalue weighted by atomic mass is 16.4. The Morgan fingerprint density at radius 3 is 2.58 bits per heavy atom. The van der Waals surface area contributed by atoms with E-state index in [-0.39, 0.29) is 6.61 Å². The molecule has 64 valence electrons. The predicted molar refractivity (Wildman–Crippen MR) is 44.7 cm³/mol. The number of aliphatic hydroxyl groups is 1. The summed E-state index contributed by atoms with van der Waals surface area (Å²) in [6.45, 7) is 1.45. The Morgan fingerprint density at radius 1 is 1.50 bits per heavy atom. The third-order valence-electron chi connectivity index (χ3n) is 1.71. The van der Waals surface area contributed by atoms with Gasteiger partial charge in [-0.05, 0) is 18.6 Å². The number of hydrogen-bond acceptors (Lipinski definition) is 4. The fraction of sp³-hybridized carbons (Fsp3) is 0.286. The topological polar surface area (TPSA) is 73.6 Å². The quantitative estimate of drug-likeness (QED) is 0.471. The lowest BCUT2D eigenvalue weighted by atomic mass is 9.76. The summed E-state index contributed by atoms with van der Waals surface area (Å²) in [6.07, 6.45) is 1.52. The minimum atomic E-state index is -1.57. The van der Waals surface area contributed by atoms with Crippen LogP contribution >= 0.6 is 0 Å². The number of aromatic nitrogens is 1. The van der Waals surface area contributed by atoms with Gasteiger partial charge in [0.2, 0.25) is 0 Å². The summed E-state index contributed by atoms with van der Waals surface area (Å²) < 4.78 is 0. The summed E-state index contributed by atoms with van der Waals surface area (Å²) in [5.41, 5.74) is 1.31. The van der Waals surface area contributed by atoms with Gasteiger partial charge in [-0.2, -0.15) is 0 Å². The fourth-order valence-corrected chi connectivity index (χ4v) is 1.12. The van der Waals surface area contributed by atoms with Crippen molar-refractivity contribution in [3.8, 4) is 0 Å². The average molecular weight is 167 g/mol. The Bertz CT molecular complexity index is 277. The van der Waals surface area contributed by atoms with Crippen LogP contribution in [-0.2, 0) is 6.61 Å². The van der Waals surface area contributed by atoms with Gasteiger partial charge >= 0.3 is 7.12 Å². The van der Waals surface area contributed by atoms with E-state index in [4.69, 9.17) is 15.2 Å². The largest absolute Gasteiger partial charge is 0.490 e. The molecule has 0 bridgehead atoms. The van der Waals surface area contributed by atoms with E-state index >= 15 is 0 Å². The van der Waals surface area contributed by atoms with Crippen LogP contribution in [0.15, 0.2) is 12.3 Å². The van der Waals surface area contributed by atoms with Crippen molar-refractivity contribution in [2.75, 3.05) is 0 Å². The van der Waals surface area contributed by atoms with Gasteiger partial charge < -0.3 is 15.2 Å². The summed E-state index contributed by atoms with van der Waals surface area (Å²) >= 11 is 0. The lowest BCUT2D eigenvalue weighted by Gasteiger charge is -2.07. The van der Waals surface area contributed by atoms with E-state index in [1.54, 1.807) is 13.0 Å². The van der Waals surface area contributed by atoms with Crippen LogP contribution in [0, 0.1) is 6.92 Å². The van der Waals surface area contributed by atoms with Crippen molar-refractivity contribution in [1.29, 1.82) is 0 Å². The summed E-state index contributed by atoms with van der Waals surface area (Å²) in [6, 6.07) is 1.56. The van der Waals surface area contributed by atoms with E-state index in [1.807, 2.05) is 0 Å². The maximum Gasteiger partial charge on any atom is 0.490 e. The fourth-order valence-electron chi connectivity index (χ4n) is 1.12. The molecular weight excluding hydrogens is 157 g/mol. The van der Waals surface area contributed by atoms with Crippen LogP contribution in [0.2, 0.25) is 0 Å². The van der Waals surface area contributed by atoms with Crippen molar-refractivity contribution in [1.82, 2.24) is 4.98 Å². The van der Waals surface area contributed by atoms with Gasteiger partial charge in [-0.25, -0.2) is 0 Å². The first-order valence-corrected chi connectivity index (χ1v) is 3.58. The molecular formula is C7H10BNO3. The van der Waals surface area contributed by atoms with Crippen LogP contribution in [0.1, 0.15) is 11.3 Å². The molecule has 1 aromatic heterocycles. The van der Waals surface area contributed by atoms with E-state index in [1.165, 1.54) is 6.20 Å². The molecule has 3 N–H and O–H groups in total. The molecule has 0 atom stereocenters. The van der Waals surface area contributed by atoms with Crippen molar-refractivity contribution in [2.24, 2.45) is 0 Å². The maximum absolute atomic E-state index is 8.92. The number of nitrogens with zero attached hydrogens (tertiary/aromatic N) is 1. The molecule has 5 heteroatoms. The van der Waals surface area contributed by atoms with Crippen molar-refractivity contribution in [3.63, 3.8) is 0 Å². The van der Waals surface area contributed by atoms with Gasteiger partial charge in [0.25, 0.3) is 0 Å². The van der Waals surface area contributed by atoms with E-state index < -0.39 is 7.12 Å². The third-order valence-corrected chi connectivity index (χ3v) is 1.71. The molecule has 0 radical (unpaired) electrons. The zero-order chi connectivity index (χ0) is 9.14. The number of rotatable bonds is 2. The van der Waals surface area contributed by atoms with Crippen LogP contribution in [0.3, 0.4) is 0 Å². The normalized spacial score (nSPS) is 10.0. The number of aryl methyl sites for hydroxylation is 1. The van der Waals surface area contributed by atoms with Gasteiger partial charge in [-0.15, -0.1) is 0 Å². The standard InChI is InChI=1S/C7H10BNO3/c1-5-7(8(11)12)6(4-10)2-3-9-5/h2-3,10-12H,4H2,1H3. The lowest BCUT2D eigenvalue weighted by molar-refractivity contribution is 0.282. The van der Waals surface area contributed by atoms with Gasteiger partial charge in [0.05, 0.1) is 6.61 Å². The molecule has 0 unspecified atom stereocenters. The Hall–Kier alpha value is -0.905. The summed E-state index contributed by atoms with van der Waals surface area (Å²) in [7, 11) is -1.57. The maximum atomic E-state index is 8.92.